The molecule has 2 saturated carbocycles. The molecular weight excluding hydrogens is 264 g/mol. The predicted molar refractivity (Wildman–Crippen MR) is 78.0 cm³/mol. The van der Waals surface area contributed by atoms with Crippen molar-refractivity contribution in [2.45, 2.75) is 56.8 Å². The second kappa shape index (κ2) is 3.82. The van der Waals surface area contributed by atoms with Crippen molar-refractivity contribution in [2.75, 3.05) is 0 Å². The number of fused-ring (bicyclic) bond motifs is 8. The van der Waals surface area contributed by atoms with Crippen LogP contribution in [0, 0.1) is 17.3 Å². The molecule has 0 spiro atoms. The highest BCUT2D eigenvalue weighted by Gasteiger charge is 2.63. The second-order valence-corrected chi connectivity index (χ2v) is 7.76. The first kappa shape index (κ1) is 12.5. The van der Waals surface area contributed by atoms with Gasteiger partial charge in [0.2, 0.25) is 0 Å². The van der Waals surface area contributed by atoms with Gasteiger partial charge in [0.1, 0.15) is 11.9 Å². The highest BCUT2D eigenvalue weighted by Crippen LogP contribution is 2.67. The Hall–Kier alpha value is -1.06. The van der Waals surface area contributed by atoms with E-state index in [1.54, 1.807) is 0 Å². The van der Waals surface area contributed by atoms with Crippen molar-refractivity contribution < 1.29 is 14.9 Å². The zero-order chi connectivity index (χ0) is 14.4. The minimum absolute atomic E-state index is 0.0894. The lowest BCUT2D eigenvalue weighted by Gasteiger charge is -2.48. The Kier molecular flexibility index (Phi) is 2.27. The van der Waals surface area contributed by atoms with E-state index >= 15 is 0 Å². The number of rotatable bonds is 0. The van der Waals surface area contributed by atoms with Gasteiger partial charge in [-0.2, -0.15) is 0 Å². The Balaban J connectivity index is 1.60. The number of benzene rings is 1. The van der Waals surface area contributed by atoms with Crippen LogP contribution in [0.2, 0.25) is 0 Å². The molecule has 2 N–H and O–H groups in total. The van der Waals surface area contributed by atoms with Crippen LogP contribution >= 0.6 is 0 Å². The maximum atomic E-state index is 10.4. The van der Waals surface area contributed by atoms with Gasteiger partial charge in [-0.05, 0) is 72.1 Å². The zero-order valence-corrected chi connectivity index (χ0v) is 12.3. The number of phenolic OH excluding ortho intramolecular Hbond substituents is 1. The van der Waals surface area contributed by atoms with Gasteiger partial charge < -0.3 is 14.9 Å². The Labute approximate surface area is 124 Å². The van der Waals surface area contributed by atoms with E-state index in [0.29, 0.717) is 29.6 Å². The molecule has 3 nitrogen and oxygen atoms in total. The lowest BCUT2D eigenvalue weighted by Crippen LogP contribution is -2.45. The number of aromatic hydroxyl groups is 1. The summed E-state index contributed by atoms with van der Waals surface area (Å²) in [7, 11) is 0. The SMILES string of the molecule is C[C@]12CC[C@@H]3c4ccc(O)cc4[C@H]4O[C@H]4[C@H]3[C@@H]1CC[C@@H]2O. The molecule has 3 heteroatoms. The maximum absolute atomic E-state index is 10.4. The highest BCUT2D eigenvalue weighted by atomic mass is 16.6. The number of aliphatic hydroxyl groups is 1. The Morgan fingerprint density at radius 2 is 2.05 bits per heavy atom. The standard InChI is InChI=1S/C18H22O3/c1-18-7-6-11-10-3-2-9(19)8-12(10)16-17(21-16)15(11)13(18)4-5-14(18)20/h2-3,8,11,13-17,19-20H,4-7H2,1H3/t11-,13+,14+,15-,16-,17+,18+/m1/s1. The summed E-state index contributed by atoms with van der Waals surface area (Å²) < 4.78 is 6.02. The molecule has 0 unspecified atom stereocenters. The number of aliphatic hydroxyl groups excluding tert-OH is 1. The summed E-state index contributed by atoms with van der Waals surface area (Å²) >= 11 is 0. The minimum Gasteiger partial charge on any atom is -0.508 e. The summed E-state index contributed by atoms with van der Waals surface area (Å²) in [5, 5.41) is 20.2. The van der Waals surface area contributed by atoms with Crippen molar-refractivity contribution in [3.63, 3.8) is 0 Å². The van der Waals surface area contributed by atoms with Crippen molar-refractivity contribution in [3.8, 4) is 5.75 Å². The first-order chi connectivity index (χ1) is 10.1. The van der Waals surface area contributed by atoms with E-state index < -0.39 is 0 Å². The van der Waals surface area contributed by atoms with Crippen molar-refractivity contribution in [3.05, 3.63) is 29.3 Å². The van der Waals surface area contributed by atoms with E-state index in [4.69, 9.17) is 4.74 Å². The molecule has 0 radical (unpaired) electrons. The van der Waals surface area contributed by atoms with Gasteiger partial charge in [-0.3, -0.25) is 0 Å². The van der Waals surface area contributed by atoms with Gasteiger partial charge in [0, 0.05) is 0 Å². The molecule has 0 bridgehead atoms. The lowest BCUT2D eigenvalue weighted by molar-refractivity contribution is -0.0257. The van der Waals surface area contributed by atoms with Crippen LogP contribution in [0.15, 0.2) is 18.2 Å². The van der Waals surface area contributed by atoms with E-state index in [-0.39, 0.29) is 17.6 Å². The largest absolute Gasteiger partial charge is 0.508 e. The first-order valence-electron chi connectivity index (χ1n) is 8.26. The molecule has 112 valence electrons. The summed E-state index contributed by atoms with van der Waals surface area (Å²) in [6.07, 6.45) is 4.70. The van der Waals surface area contributed by atoms with E-state index in [1.807, 2.05) is 12.1 Å². The zero-order valence-electron chi connectivity index (χ0n) is 12.3. The normalized spacial score (nSPS) is 49.8. The van der Waals surface area contributed by atoms with Gasteiger partial charge in [-0.1, -0.05) is 13.0 Å². The van der Waals surface area contributed by atoms with Crippen molar-refractivity contribution in [2.24, 2.45) is 17.3 Å². The Morgan fingerprint density at radius 3 is 2.90 bits per heavy atom. The minimum atomic E-state index is -0.137. The molecule has 1 aromatic carbocycles. The third-order valence-corrected chi connectivity index (χ3v) is 6.96. The summed E-state index contributed by atoms with van der Waals surface area (Å²) in [4.78, 5) is 0. The summed E-state index contributed by atoms with van der Waals surface area (Å²) in [6, 6.07) is 5.82. The van der Waals surface area contributed by atoms with Crippen LogP contribution in [0.5, 0.6) is 5.75 Å². The third-order valence-electron chi connectivity index (χ3n) is 6.96. The molecule has 1 aromatic rings. The molecule has 5 rings (SSSR count). The van der Waals surface area contributed by atoms with Gasteiger partial charge in [-0.15, -0.1) is 0 Å². The van der Waals surface area contributed by atoms with Crippen LogP contribution in [0.3, 0.4) is 0 Å². The smallest absolute Gasteiger partial charge is 0.115 e. The van der Waals surface area contributed by atoms with Gasteiger partial charge in [0.05, 0.1) is 12.2 Å². The second-order valence-electron chi connectivity index (χ2n) is 7.76. The van der Waals surface area contributed by atoms with E-state index in [2.05, 4.69) is 13.0 Å². The van der Waals surface area contributed by atoms with Crippen LogP contribution in [0.1, 0.15) is 55.8 Å². The monoisotopic (exact) mass is 286 g/mol. The topological polar surface area (TPSA) is 53.0 Å². The van der Waals surface area contributed by atoms with Gasteiger partial charge >= 0.3 is 0 Å². The third kappa shape index (κ3) is 1.46. The maximum Gasteiger partial charge on any atom is 0.115 e. The molecule has 3 fully saturated rings. The molecule has 0 aromatic heterocycles. The molecule has 0 amide bonds. The molecule has 1 saturated heterocycles. The molecule has 1 heterocycles. The van der Waals surface area contributed by atoms with Crippen LogP contribution in [0.4, 0.5) is 0 Å². The van der Waals surface area contributed by atoms with E-state index in [0.717, 1.165) is 25.7 Å². The van der Waals surface area contributed by atoms with Gasteiger partial charge in [-0.25, -0.2) is 0 Å². The Morgan fingerprint density at radius 1 is 1.19 bits per heavy atom. The van der Waals surface area contributed by atoms with Crippen LogP contribution in [0.25, 0.3) is 0 Å². The fourth-order valence-electron chi connectivity index (χ4n) is 5.80. The molecular formula is C18H22O3. The van der Waals surface area contributed by atoms with E-state index in [1.165, 1.54) is 11.1 Å². The number of phenols is 1. The quantitative estimate of drug-likeness (QED) is 0.720. The number of hydrogen-bond donors (Lipinski definition) is 2. The van der Waals surface area contributed by atoms with Crippen LogP contribution in [-0.2, 0) is 4.74 Å². The first-order valence-corrected chi connectivity index (χ1v) is 8.26. The van der Waals surface area contributed by atoms with Crippen molar-refractivity contribution in [1.29, 1.82) is 0 Å². The lowest BCUT2D eigenvalue weighted by atomic mass is 9.55. The number of epoxide rings is 1. The number of hydrogen-bond acceptors (Lipinski definition) is 3. The summed E-state index contributed by atoms with van der Waals surface area (Å²) in [5.41, 5.74) is 2.69. The predicted octanol–water partition coefficient (Wildman–Crippen LogP) is 3.12. The molecule has 3 aliphatic carbocycles. The molecule has 1 aliphatic heterocycles. The Bertz CT molecular complexity index is 612. The highest BCUT2D eigenvalue weighted by molar-refractivity contribution is 5.45. The van der Waals surface area contributed by atoms with Gasteiger partial charge in [0.25, 0.3) is 0 Å². The molecule has 7 atom stereocenters. The van der Waals surface area contributed by atoms with Gasteiger partial charge in [0.15, 0.2) is 0 Å². The fourth-order valence-corrected chi connectivity index (χ4v) is 5.80. The average Bonchev–Trinajstić information content (AvgIpc) is 3.20. The average molecular weight is 286 g/mol. The van der Waals surface area contributed by atoms with E-state index in [9.17, 15) is 10.2 Å². The number of ether oxygens (including phenoxy) is 1. The van der Waals surface area contributed by atoms with Crippen LogP contribution in [-0.4, -0.2) is 22.4 Å². The fraction of sp³-hybridized carbons (Fsp3) is 0.667. The van der Waals surface area contributed by atoms with Crippen LogP contribution < -0.4 is 0 Å². The molecule has 21 heavy (non-hydrogen) atoms. The summed E-state index contributed by atoms with van der Waals surface area (Å²) in [5.74, 6) is 2.04. The van der Waals surface area contributed by atoms with Crippen molar-refractivity contribution >= 4 is 0 Å². The van der Waals surface area contributed by atoms with Crippen molar-refractivity contribution in [1.82, 2.24) is 0 Å². The molecule has 4 aliphatic rings. The summed E-state index contributed by atoms with van der Waals surface area (Å²) in [6.45, 7) is 2.29.